The fourth-order valence-electron chi connectivity index (χ4n) is 1.29. The van der Waals surface area contributed by atoms with Crippen molar-refractivity contribution in [1.29, 1.82) is 0 Å². The van der Waals surface area contributed by atoms with Gasteiger partial charge in [-0.1, -0.05) is 13.8 Å². The number of likely N-dealkylation sites (N-methyl/N-ethyl adjacent to an activating group) is 1. The van der Waals surface area contributed by atoms with Crippen molar-refractivity contribution in [1.82, 2.24) is 10.2 Å². The number of hydrogen-bond acceptors (Lipinski definition) is 3. The zero-order chi connectivity index (χ0) is 11.1. The summed E-state index contributed by atoms with van der Waals surface area (Å²) in [5.74, 6) is 0.315. The first-order chi connectivity index (χ1) is 6.43. The van der Waals surface area contributed by atoms with Crippen LogP contribution in [0.2, 0.25) is 0 Å². The topological polar surface area (TPSA) is 58.4 Å². The summed E-state index contributed by atoms with van der Waals surface area (Å²) in [6.45, 7) is 6.00. The Labute approximate surface area is 86.8 Å². The molecule has 0 aliphatic rings. The predicted octanol–water partition coefficient (Wildman–Crippen LogP) is 0.0376. The maximum absolute atomic E-state index is 10.5. The van der Waals surface area contributed by atoms with Gasteiger partial charge in [0.05, 0.1) is 0 Å². The van der Waals surface area contributed by atoms with Crippen molar-refractivity contribution in [3.63, 3.8) is 0 Å². The predicted molar refractivity (Wildman–Crippen MR) is 59.0 cm³/mol. The van der Waals surface area contributed by atoms with E-state index >= 15 is 0 Å². The van der Waals surface area contributed by atoms with Crippen LogP contribution >= 0.6 is 0 Å². The van der Waals surface area contributed by atoms with E-state index in [1.165, 1.54) is 0 Å². The molecule has 0 radical (unpaired) electrons. The Morgan fingerprint density at radius 1 is 1.43 bits per heavy atom. The van der Waals surface area contributed by atoms with Gasteiger partial charge in [-0.3, -0.25) is 4.79 Å². The van der Waals surface area contributed by atoms with Crippen molar-refractivity contribution in [2.45, 2.75) is 26.3 Å². The largest absolute Gasteiger partial charge is 0.370 e. The molecule has 4 nitrogen and oxygen atoms in total. The molecule has 0 aromatic heterocycles. The summed E-state index contributed by atoms with van der Waals surface area (Å²) < 4.78 is 0. The summed E-state index contributed by atoms with van der Waals surface area (Å²) in [5, 5.41) is 3.34. The molecule has 0 aromatic rings. The van der Waals surface area contributed by atoms with Gasteiger partial charge in [0.15, 0.2) is 0 Å². The lowest BCUT2D eigenvalue weighted by atomic mass is 10.0. The molecule has 4 heteroatoms. The molecule has 0 bridgehead atoms. The summed E-state index contributed by atoms with van der Waals surface area (Å²) in [5.41, 5.74) is 5.07. The second-order valence-electron chi connectivity index (χ2n) is 4.28. The molecule has 0 aliphatic carbocycles. The maximum atomic E-state index is 10.5. The lowest BCUT2D eigenvalue weighted by Gasteiger charge is -2.25. The highest BCUT2D eigenvalue weighted by Crippen LogP contribution is 2.02. The van der Waals surface area contributed by atoms with E-state index in [4.69, 9.17) is 5.73 Å². The van der Waals surface area contributed by atoms with Crippen LogP contribution in [0.5, 0.6) is 0 Å². The maximum Gasteiger partial charge on any atom is 0.218 e. The first-order valence-electron chi connectivity index (χ1n) is 5.10. The van der Waals surface area contributed by atoms with Gasteiger partial charge in [0.25, 0.3) is 0 Å². The number of nitrogens with two attached hydrogens (primary N) is 1. The molecule has 0 heterocycles. The van der Waals surface area contributed by atoms with Crippen LogP contribution in [0.1, 0.15) is 20.3 Å². The third-order valence-corrected chi connectivity index (χ3v) is 2.14. The highest BCUT2D eigenvalue weighted by molar-refractivity contribution is 5.73. The summed E-state index contributed by atoms with van der Waals surface area (Å²) in [4.78, 5) is 12.7. The van der Waals surface area contributed by atoms with E-state index in [-0.39, 0.29) is 5.91 Å². The molecule has 0 saturated carbocycles. The molecule has 14 heavy (non-hydrogen) atoms. The van der Waals surface area contributed by atoms with Crippen molar-refractivity contribution in [3.8, 4) is 0 Å². The van der Waals surface area contributed by atoms with Gasteiger partial charge in [-0.25, -0.2) is 0 Å². The molecule has 1 atom stereocenters. The molecule has 3 N–H and O–H groups in total. The van der Waals surface area contributed by atoms with Crippen molar-refractivity contribution >= 4 is 5.91 Å². The lowest BCUT2D eigenvalue weighted by Crippen LogP contribution is -2.43. The molecule has 1 unspecified atom stereocenters. The Bertz CT molecular complexity index is 169. The summed E-state index contributed by atoms with van der Waals surface area (Å²) in [6.07, 6.45) is 0.413. The van der Waals surface area contributed by atoms with Gasteiger partial charge in [0.2, 0.25) is 5.91 Å². The number of carbonyl (C=O) groups excluding carboxylic acids is 1. The van der Waals surface area contributed by atoms with Crippen LogP contribution in [0.3, 0.4) is 0 Å². The van der Waals surface area contributed by atoms with Crippen molar-refractivity contribution < 1.29 is 4.79 Å². The molecular formula is C10H23N3O. The first kappa shape index (κ1) is 13.4. The van der Waals surface area contributed by atoms with E-state index in [0.29, 0.717) is 24.9 Å². The van der Waals surface area contributed by atoms with Gasteiger partial charge in [-0.15, -0.1) is 0 Å². The smallest absolute Gasteiger partial charge is 0.218 e. The monoisotopic (exact) mass is 201 g/mol. The van der Waals surface area contributed by atoms with E-state index < -0.39 is 0 Å². The normalized spacial score (nSPS) is 13.6. The van der Waals surface area contributed by atoms with E-state index in [1.54, 1.807) is 0 Å². The zero-order valence-corrected chi connectivity index (χ0v) is 9.71. The third-order valence-electron chi connectivity index (χ3n) is 2.14. The molecule has 1 amide bonds. The molecule has 0 fully saturated rings. The minimum Gasteiger partial charge on any atom is -0.370 e. The van der Waals surface area contributed by atoms with Crippen LogP contribution in [0.25, 0.3) is 0 Å². The summed E-state index contributed by atoms with van der Waals surface area (Å²) in [6, 6.07) is 0.421. The van der Waals surface area contributed by atoms with E-state index in [2.05, 4.69) is 24.1 Å². The highest BCUT2D eigenvalue weighted by Gasteiger charge is 2.13. The number of nitrogens with zero attached hydrogens (tertiary/aromatic N) is 1. The number of carbonyl (C=O) groups is 1. The van der Waals surface area contributed by atoms with Crippen LogP contribution < -0.4 is 11.1 Å². The highest BCUT2D eigenvalue weighted by atomic mass is 16.1. The quantitative estimate of drug-likeness (QED) is 0.611. The van der Waals surface area contributed by atoms with Gasteiger partial charge < -0.3 is 16.0 Å². The third kappa shape index (κ3) is 6.86. The second kappa shape index (κ2) is 6.79. The standard InChI is InChI=1S/C10H23N3O/c1-8(2)9(7-13(3)4)12-6-5-10(11)14/h8-9,12H,5-7H2,1-4H3,(H2,11,14). The fourth-order valence-corrected chi connectivity index (χ4v) is 1.29. The summed E-state index contributed by atoms with van der Waals surface area (Å²) in [7, 11) is 4.09. The Kier molecular flexibility index (Phi) is 6.49. The molecule has 0 aromatic carbocycles. The average molecular weight is 201 g/mol. The Hall–Kier alpha value is -0.610. The van der Waals surface area contributed by atoms with E-state index in [1.807, 2.05) is 14.1 Å². The molecular weight excluding hydrogens is 178 g/mol. The number of rotatable bonds is 7. The van der Waals surface area contributed by atoms with Gasteiger partial charge in [0, 0.05) is 25.6 Å². The summed E-state index contributed by atoms with van der Waals surface area (Å²) >= 11 is 0. The van der Waals surface area contributed by atoms with Gasteiger partial charge in [0.1, 0.15) is 0 Å². The molecule has 0 spiro atoms. The van der Waals surface area contributed by atoms with Crippen LogP contribution in [0.15, 0.2) is 0 Å². The fraction of sp³-hybridized carbons (Fsp3) is 0.900. The molecule has 0 aliphatic heterocycles. The number of nitrogens with one attached hydrogen (secondary N) is 1. The Morgan fingerprint density at radius 2 is 2.00 bits per heavy atom. The zero-order valence-electron chi connectivity index (χ0n) is 9.71. The van der Waals surface area contributed by atoms with E-state index in [0.717, 1.165) is 6.54 Å². The van der Waals surface area contributed by atoms with Gasteiger partial charge >= 0.3 is 0 Å². The lowest BCUT2D eigenvalue weighted by molar-refractivity contribution is -0.117. The minimum atomic E-state index is -0.246. The minimum absolute atomic E-state index is 0.246. The van der Waals surface area contributed by atoms with E-state index in [9.17, 15) is 4.79 Å². The molecule has 84 valence electrons. The number of hydrogen-bond donors (Lipinski definition) is 2. The Balaban J connectivity index is 3.79. The van der Waals surface area contributed by atoms with Crippen molar-refractivity contribution in [2.75, 3.05) is 27.2 Å². The first-order valence-corrected chi connectivity index (χ1v) is 5.10. The van der Waals surface area contributed by atoms with Crippen LogP contribution in [-0.4, -0.2) is 44.0 Å². The van der Waals surface area contributed by atoms with Crippen LogP contribution in [0.4, 0.5) is 0 Å². The van der Waals surface area contributed by atoms with Crippen LogP contribution in [-0.2, 0) is 4.79 Å². The Morgan fingerprint density at radius 3 is 2.36 bits per heavy atom. The number of amides is 1. The SMILES string of the molecule is CC(C)C(CN(C)C)NCCC(N)=O. The molecule has 0 saturated heterocycles. The van der Waals surface area contributed by atoms with Gasteiger partial charge in [-0.05, 0) is 20.0 Å². The molecule has 0 rings (SSSR count). The van der Waals surface area contributed by atoms with Crippen molar-refractivity contribution in [3.05, 3.63) is 0 Å². The second-order valence-corrected chi connectivity index (χ2v) is 4.28. The van der Waals surface area contributed by atoms with Crippen LogP contribution in [0, 0.1) is 5.92 Å². The average Bonchev–Trinajstić information content (AvgIpc) is 2.00. The van der Waals surface area contributed by atoms with Gasteiger partial charge in [-0.2, -0.15) is 0 Å². The van der Waals surface area contributed by atoms with Crippen molar-refractivity contribution in [2.24, 2.45) is 11.7 Å². The number of primary amides is 1.